The van der Waals surface area contributed by atoms with Gasteiger partial charge in [0.2, 0.25) is 10.5 Å². The van der Waals surface area contributed by atoms with Gasteiger partial charge in [-0.25, -0.2) is 0 Å². The van der Waals surface area contributed by atoms with Crippen molar-refractivity contribution >= 4 is 22.6 Å². The second-order valence-corrected chi connectivity index (χ2v) is 5.83. The Morgan fingerprint density at radius 3 is 2.55 bits per heavy atom. The Balaban J connectivity index is 1.99. The standard InChI is InChI=1S/C18H17N2OS/c1-2-7-14-8-3-5-10-16(14)18(21)22-13-12-15-9-4-6-11-17(15)20-19/h2-6,8-11H,1,7,12-13H2/q+1. The molecule has 2 rings (SSSR count). The fourth-order valence-corrected chi connectivity index (χ4v) is 3.07. The molecule has 4 heteroatoms. The van der Waals surface area contributed by atoms with Crippen LogP contribution in [0.3, 0.4) is 0 Å². The number of aryl methyl sites for hydroxylation is 1. The van der Waals surface area contributed by atoms with Crippen LogP contribution in [-0.4, -0.2) is 10.9 Å². The van der Waals surface area contributed by atoms with E-state index >= 15 is 0 Å². The number of hydrogen-bond donors (Lipinski definition) is 0. The highest BCUT2D eigenvalue weighted by atomic mass is 32.2. The number of diazo groups is 1. The number of nitrogens with zero attached hydrogens (tertiary/aromatic N) is 2. The molecule has 0 atom stereocenters. The van der Waals surface area contributed by atoms with E-state index in [1.165, 1.54) is 11.8 Å². The van der Waals surface area contributed by atoms with Crippen molar-refractivity contribution in [2.24, 2.45) is 0 Å². The zero-order valence-electron chi connectivity index (χ0n) is 12.2. The van der Waals surface area contributed by atoms with Crippen molar-refractivity contribution in [2.75, 3.05) is 5.75 Å². The molecule has 0 fully saturated rings. The van der Waals surface area contributed by atoms with Gasteiger partial charge in [0.05, 0.1) is 0 Å². The van der Waals surface area contributed by atoms with E-state index in [1.54, 1.807) is 12.1 Å². The number of benzene rings is 2. The minimum atomic E-state index is 0.0656. The van der Waals surface area contributed by atoms with Crippen LogP contribution in [0.15, 0.2) is 61.2 Å². The van der Waals surface area contributed by atoms with Gasteiger partial charge < -0.3 is 0 Å². The quantitative estimate of drug-likeness (QED) is 0.556. The third kappa shape index (κ3) is 4.06. The van der Waals surface area contributed by atoms with Crippen molar-refractivity contribution < 1.29 is 4.79 Å². The second-order valence-electron chi connectivity index (χ2n) is 4.76. The zero-order chi connectivity index (χ0) is 15.8. The summed E-state index contributed by atoms with van der Waals surface area (Å²) in [6.45, 7) is 3.73. The summed E-state index contributed by atoms with van der Waals surface area (Å²) in [5.41, 5.74) is 3.24. The fourth-order valence-electron chi connectivity index (χ4n) is 2.20. The lowest BCUT2D eigenvalue weighted by atomic mass is 10.1. The molecule has 2 aromatic carbocycles. The van der Waals surface area contributed by atoms with Crippen LogP contribution in [-0.2, 0) is 12.8 Å². The van der Waals surface area contributed by atoms with Crippen LogP contribution in [0.25, 0.3) is 4.98 Å². The van der Waals surface area contributed by atoms with Gasteiger partial charge in [0.15, 0.2) is 4.98 Å². The normalized spacial score (nSPS) is 9.95. The Kier molecular flexibility index (Phi) is 5.93. The Labute approximate surface area is 134 Å². The molecule has 22 heavy (non-hydrogen) atoms. The minimum absolute atomic E-state index is 0.0656. The first-order chi connectivity index (χ1) is 10.8. The summed E-state index contributed by atoms with van der Waals surface area (Å²) in [7, 11) is 0. The third-order valence-corrected chi connectivity index (χ3v) is 4.20. The SMILES string of the molecule is C=CCc1ccccc1C(=O)SCCc1ccccc1[N+]#N. The van der Waals surface area contributed by atoms with Gasteiger partial charge in [-0.15, -0.1) is 6.58 Å². The van der Waals surface area contributed by atoms with E-state index in [0.717, 1.165) is 16.7 Å². The molecular weight excluding hydrogens is 292 g/mol. The lowest BCUT2D eigenvalue weighted by Crippen LogP contribution is -2.01. The molecule has 0 radical (unpaired) electrons. The molecule has 110 valence electrons. The van der Waals surface area contributed by atoms with Crippen molar-refractivity contribution in [3.63, 3.8) is 0 Å². The maximum absolute atomic E-state index is 12.3. The molecule has 0 aromatic heterocycles. The summed E-state index contributed by atoms with van der Waals surface area (Å²) < 4.78 is 0. The highest BCUT2D eigenvalue weighted by Crippen LogP contribution is 2.22. The molecule has 0 heterocycles. The van der Waals surface area contributed by atoms with E-state index in [4.69, 9.17) is 5.39 Å². The first kappa shape index (κ1) is 16.0. The van der Waals surface area contributed by atoms with E-state index in [9.17, 15) is 4.79 Å². The molecule has 3 nitrogen and oxygen atoms in total. The van der Waals surface area contributed by atoms with Gasteiger partial charge in [-0.2, -0.15) is 0 Å². The smallest absolute Gasteiger partial charge is 0.282 e. The molecule has 0 aliphatic rings. The molecular formula is C18H17N2OS+. The molecule has 2 aromatic rings. The van der Waals surface area contributed by atoms with Crippen LogP contribution in [0.5, 0.6) is 0 Å². The molecule has 0 saturated heterocycles. The molecule has 0 spiro atoms. The first-order valence-corrected chi connectivity index (χ1v) is 8.03. The van der Waals surface area contributed by atoms with Crippen molar-refractivity contribution in [3.05, 3.63) is 82.9 Å². The number of carbonyl (C=O) groups is 1. The number of thioether (sulfide) groups is 1. The second kappa shape index (κ2) is 8.16. The molecule has 0 aliphatic heterocycles. The summed E-state index contributed by atoms with van der Waals surface area (Å²) in [5, 5.41) is 9.01. The Hall–Kier alpha value is -2.38. The highest BCUT2D eigenvalue weighted by molar-refractivity contribution is 8.14. The number of carbonyl (C=O) groups excluding carboxylic acids is 1. The van der Waals surface area contributed by atoms with Gasteiger partial charge >= 0.3 is 5.69 Å². The molecule has 0 N–H and O–H groups in total. The molecule has 0 aliphatic carbocycles. The summed E-state index contributed by atoms with van der Waals surface area (Å²) in [6, 6.07) is 15.0. The van der Waals surface area contributed by atoms with Crippen LogP contribution in [0.1, 0.15) is 21.5 Å². The van der Waals surface area contributed by atoms with E-state index in [-0.39, 0.29) is 5.12 Å². The summed E-state index contributed by atoms with van der Waals surface area (Å²) in [6.07, 6.45) is 3.17. The monoisotopic (exact) mass is 309 g/mol. The molecule has 0 unspecified atom stereocenters. The zero-order valence-corrected chi connectivity index (χ0v) is 13.1. The topological polar surface area (TPSA) is 45.2 Å². The summed E-state index contributed by atoms with van der Waals surface area (Å²) in [5.74, 6) is 0.647. The Bertz CT molecular complexity index is 719. The summed E-state index contributed by atoms with van der Waals surface area (Å²) in [4.78, 5) is 15.6. The van der Waals surface area contributed by atoms with E-state index in [0.29, 0.717) is 24.3 Å². The van der Waals surface area contributed by atoms with Crippen molar-refractivity contribution in [2.45, 2.75) is 12.8 Å². The lowest BCUT2D eigenvalue weighted by Gasteiger charge is -2.06. The number of hydrogen-bond acceptors (Lipinski definition) is 3. The van der Waals surface area contributed by atoms with E-state index in [1.807, 2.05) is 42.5 Å². The van der Waals surface area contributed by atoms with Gasteiger partial charge in [0, 0.05) is 22.9 Å². The number of allylic oxidation sites excluding steroid dienone is 1. The lowest BCUT2D eigenvalue weighted by molar-refractivity contribution is 0.108. The third-order valence-electron chi connectivity index (χ3n) is 3.31. The average molecular weight is 309 g/mol. The van der Waals surface area contributed by atoms with Crippen LogP contribution >= 0.6 is 11.8 Å². The molecule has 0 amide bonds. The minimum Gasteiger partial charge on any atom is -0.282 e. The van der Waals surface area contributed by atoms with Crippen LogP contribution in [0.2, 0.25) is 0 Å². The van der Waals surface area contributed by atoms with Crippen molar-refractivity contribution in [1.82, 2.24) is 0 Å². The average Bonchev–Trinajstić information content (AvgIpc) is 2.56. The van der Waals surface area contributed by atoms with Crippen molar-refractivity contribution in [1.29, 1.82) is 5.39 Å². The van der Waals surface area contributed by atoms with E-state index < -0.39 is 0 Å². The Morgan fingerprint density at radius 1 is 1.14 bits per heavy atom. The predicted molar refractivity (Wildman–Crippen MR) is 92.0 cm³/mol. The number of rotatable bonds is 6. The van der Waals surface area contributed by atoms with Gasteiger partial charge in [0.1, 0.15) is 0 Å². The van der Waals surface area contributed by atoms with Crippen LogP contribution < -0.4 is 0 Å². The highest BCUT2D eigenvalue weighted by Gasteiger charge is 2.14. The molecule has 0 bridgehead atoms. The maximum Gasteiger partial charge on any atom is 0.388 e. The summed E-state index contributed by atoms with van der Waals surface area (Å²) >= 11 is 1.29. The van der Waals surface area contributed by atoms with Gasteiger partial charge in [-0.3, -0.25) is 4.79 Å². The molecule has 0 saturated carbocycles. The predicted octanol–water partition coefficient (Wildman–Crippen LogP) is 5.02. The van der Waals surface area contributed by atoms with E-state index in [2.05, 4.69) is 11.6 Å². The van der Waals surface area contributed by atoms with Gasteiger partial charge in [-0.1, -0.05) is 60.3 Å². The van der Waals surface area contributed by atoms with Gasteiger partial charge in [-0.05, 0) is 18.4 Å². The van der Waals surface area contributed by atoms with Crippen molar-refractivity contribution in [3.8, 4) is 0 Å². The fraction of sp³-hybridized carbons (Fsp3) is 0.167. The maximum atomic E-state index is 12.3. The Morgan fingerprint density at radius 2 is 1.82 bits per heavy atom. The van der Waals surface area contributed by atoms with Crippen LogP contribution in [0, 0.1) is 5.39 Å². The largest absolute Gasteiger partial charge is 0.388 e. The van der Waals surface area contributed by atoms with Crippen LogP contribution in [0.4, 0.5) is 5.69 Å². The first-order valence-electron chi connectivity index (χ1n) is 7.05. The van der Waals surface area contributed by atoms with Gasteiger partial charge in [0.25, 0.3) is 0 Å².